The Morgan fingerprint density at radius 3 is 2.54 bits per heavy atom. The molecule has 24 heavy (non-hydrogen) atoms. The van der Waals surface area contributed by atoms with Gasteiger partial charge in [-0.2, -0.15) is 4.99 Å². The predicted molar refractivity (Wildman–Crippen MR) is 85.2 cm³/mol. The molecule has 7 heteroatoms. The highest BCUT2D eigenvalue weighted by molar-refractivity contribution is 5.74. The predicted octanol–water partition coefficient (Wildman–Crippen LogP) is -6.82. The number of nitrogens with zero attached hydrogens (tertiary/aromatic N) is 1. The molecule has 0 spiro atoms. The first kappa shape index (κ1) is 20.9. The Kier molecular flexibility index (Phi) is 7.70. The SMILES string of the molecule is COc1ccc(C(O)C[NH+]2CCC3=C(C2)N=C(C)[NH+]3C)cc1.[Cl-].[Cl-]. The van der Waals surface area contributed by atoms with E-state index in [0.717, 1.165) is 43.2 Å². The highest BCUT2D eigenvalue weighted by atomic mass is 35.5. The number of amidine groups is 1. The van der Waals surface area contributed by atoms with Gasteiger partial charge >= 0.3 is 0 Å². The molecular weight excluding hydrogens is 349 g/mol. The van der Waals surface area contributed by atoms with Gasteiger partial charge in [-0.1, -0.05) is 12.1 Å². The van der Waals surface area contributed by atoms with E-state index in [2.05, 4.69) is 19.0 Å². The summed E-state index contributed by atoms with van der Waals surface area (Å²) in [6.45, 7) is 4.78. The van der Waals surface area contributed by atoms with Gasteiger partial charge in [0.05, 0.1) is 27.1 Å². The van der Waals surface area contributed by atoms with Gasteiger partial charge in [0, 0.05) is 6.92 Å². The number of aliphatic hydroxyl groups is 1. The summed E-state index contributed by atoms with van der Waals surface area (Å²) in [5.74, 6) is 1.97. The Labute approximate surface area is 155 Å². The van der Waals surface area contributed by atoms with Crippen molar-refractivity contribution in [3.8, 4) is 5.75 Å². The van der Waals surface area contributed by atoms with E-state index in [1.807, 2.05) is 24.3 Å². The molecule has 3 N–H and O–H groups in total. The summed E-state index contributed by atoms with van der Waals surface area (Å²) in [4.78, 5) is 7.43. The number of ether oxygens (including phenoxy) is 1. The lowest BCUT2D eigenvalue weighted by Crippen LogP contribution is -3.15. The van der Waals surface area contributed by atoms with Crippen molar-refractivity contribution in [3.63, 3.8) is 0 Å². The van der Waals surface area contributed by atoms with Crippen LogP contribution in [-0.2, 0) is 0 Å². The molecule has 2 aliphatic heterocycles. The third kappa shape index (κ3) is 4.29. The monoisotopic (exact) mass is 373 g/mol. The molecule has 0 saturated carbocycles. The average molecular weight is 374 g/mol. The van der Waals surface area contributed by atoms with Gasteiger partial charge in [-0.25, -0.2) is 0 Å². The summed E-state index contributed by atoms with van der Waals surface area (Å²) < 4.78 is 5.16. The van der Waals surface area contributed by atoms with Gasteiger partial charge in [0.2, 0.25) is 5.84 Å². The van der Waals surface area contributed by atoms with Gasteiger partial charge in [-0.05, 0) is 17.7 Å². The fourth-order valence-corrected chi connectivity index (χ4v) is 3.29. The topological polar surface area (TPSA) is 50.7 Å². The average Bonchev–Trinajstić information content (AvgIpc) is 2.81. The zero-order valence-electron chi connectivity index (χ0n) is 14.3. The fourth-order valence-electron chi connectivity index (χ4n) is 3.29. The first-order chi connectivity index (χ1) is 10.6. The standard InChI is InChI=1S/C17H23N3O2.2ClH/c1-12-18-15-10-20(9-8-16(15)19(12)2)11-17(21)13-4-6-14(22-3)7-5-13;;/h4-7,17,21H,8-11H2,1-3H3;2*1H. The molecule has 3 unspecified atom stereocenters. The number of aliphatic imine (C=N–C) groups is 1. The number of methoxy groups -OCH3 is 1. The van der Waals surface area contributed by atoms with E-state index in [1.54, 1.807) is 7.11 Å². The Morgan fingerprint density at radius 1 is 1.25 bits per heavy atom. The molecule has 0 saturated heterocycles. The van der Waals surface area contributed by atoms with Gasteiger partial charge in [0.1, 0.15) is 30.6 Å². The third-order valence-electron chi connectivity index (χ3n) is 4.77. The van der Waals surface area contributed by atoms with Crippen LogP contribution >= 0.6 is 0 Å². The molecule has 0 amide bonds. The van der Waals surface area contributed by atoms with Crippen molar-refractivity contribution >= 4 is 5.84 Å². The Morgan fingerprint density at radius 2 is 1.92 bits per heavy atom. The van der Waals surface area contributed by atoms with Crippen molar-refractivity contribution in [2.45, 2.75) is 19.4 Å². The summed E-state index contributed by atoms with van der Waals surface area (Å²) in [5.41, 5.74) is 3.60. The maximum Gasteiger partial charge on any atom is 0.203 e. The lowest BCUT2D eigenvalue weighted by molar-refractivity contribution is -0.904. The van der Waals surface area contributed by atoms with Crippen molar-refractivity contribution < 1.29 is 44.5 Å². The Balaban J connectivity index is 0.00000144. The van der Waals surface area contributed by atoms with Crippen LogP contribution in [0.5, 0.6) is 5.75 Å². The van der Waals surface area contributed by atoms with Crippen molar-refractivity contribution in [2.24, 2.45) is 4.99 Å². The van der Waals surface area contributed by atoms with Crippen LogP contribution in [0.3, 0.4) is 0 Å². The van der Waals surface area contributed by atoms with E-state index in [9.17, 15) is 5.11 Å². The second kappa shape index (κ2) is 8.83. The minimum absolute atomic E-state index is 0. The summed E-state index contributed by atoms with van der Waals surface area (Å²) in [7, 11) is 3.82. The van der Waals surface area contributed by atoms with Gasteiger partial charge < -0.3 is 39.6 Å². The van der Waals surface area contributed by atoms with Gasteiger partial charge in [-0.3, -0.25) is 4.90 Å². The van der Waals surface area contributed by atoms with Crippen LogP contribution in [0.25, 0.3) is 0 Å². The van der Waals surface area contributed by atoms with Crippen molar-refractivity contribution in [1.29, 1.82) is 0 Å². The molecule has 0 fully saturated rings. The maximum absolute atomic E-state index is 10.5. The highest BCUT2D eigenvalue weighted by Gasteiger charge is 2.34. The van der Waals surface area contributed by atoms with E-state index in [-0.39, 0.29) is 24.8 Å². The summed E-state index contributed by atoms with van der Waals surface area (Å²) in [6, 6.07) is 7.67. The van der Waals surface area contributed by atoms with Crippen molar-refractivity contribution in [1.82, 2.24) is 0 Å². The first-order valence-corrected chi connectivity index (χ1v) is 7.85. The molecule has 2 aliphatic rings. The van der Waals surface area contributed by atoms with E-state index in [1.165, 1.54) is 21.2 Å². The normalized spacial score (nSPS) is 23.6. The quantitative estimate of drug-likeness (QED) is 0.491. The largest absolute Gasteiger partial charge is 1.00 e. The molecule has 134 valence electrons. The van der Waals surface area contributed by atoms with Crippen LogP contribution < -0.4 is 39.4 Å². The number of rotatable bonds is 4. The smallest absolute Gasteiger partial charge is 0.203 e. The Bertz CT molecular complexity index is 617. The van der Waals surface area contributed by atoms with E-state index < -0.39 is 6.10 Å². The Hall–Kier alpha value is -1.11. The number of quaternary nitrogens is 2. The number of halogens is 2. The molecule has 0 aliphatic carbocycles. The van der Waals surface area contributed by atoms with Gasteiger partial charge in [0.25, 0.3) is 0 Å². The second-order valence-electron chi connectivity index (χ2n) is 6.17. The third-order valence-corrected chi connectivity index (χ3v) is 4.77. The zero-order valence-corrected chi connectivity index (χ0v) is 15.8. The molecule has 3 rings (SSSR count). The van der Waals surface area contributed by atoms with Crippen LogP contribution in [0.1, 0.15) is 25.0 Å². The second-order valence-corrected chi connectivity index (χ2v) is 6.17. The molecule has 0 aromatic heterocycles. The van der Waals surface area contributed by atoms with Crippen LogP contribution in [0.4, 0.5) is 0 Å². The van der Waals surface area contributed by atoms with Crippen LogP contribution in [0.2, 0.25) is 0 Å². The van der Waals surface area contributed by atoms with Crippen molar-refractivity contribution in [3.05, 3.63) is 41.2 Å². The molecule has 2 heterocycles. The van der Waals surface area contributed by atoms with Crippen LogP contribution in [0.15, 0.2) is 40.7 Å². The minimum atomic E-state index is -0.445. The first-order valence-electron chi connectivity index (χ1n) is 7.85. The van der Waals surface area contributed by atoms with E-state index in [4.69, 9.17) is 4.74 Å². The number of benzene rings is 1. The molecule has 0 bridgehead atoms. The van der Waals surface area contributed by atoms with Crippen LogP contribution in [-0.4, -0.2) is 44.7 Å². The van der Waals surface area contributed by atoms with Crippen molar-refractivity contribution in [2.75, 3.05) is 33.8 Å². The lowest BCUT2D eigenvalue weighted by atomic mass is 10.1. The molecule has 3 atom stereocenters. The highest BCUT2D eigenvalue weighted by Crippen LogP contribution is 2.17. The molecule has 5 nitrogen and oxygen atoms in total. The number of hydrogen-bond donors (Lipinski definition) is 3. The summed E-state index contributed by atoms with van der Waals surface area (Å²) in [5, 5.41) is 10.5. The minimum Gasteiger partial charge on any atom is -1.00 e. The number of hydrogen-bond acceptors (Lipinski definition) is 3. The van der Waals surface area contributed by atoms with Crippen LogP contribution in [0, 0.1) is 0 Å². The fraction of sp³-hybridized carbons (Fsp3) is 0.471. The van der Waals surface area contributed by atoms with Gasteiger partial charge in [0.15, 0.2) is 5.70 Å². The molecule has 0 radical (unpaired) electrons. The number of nitrogens with one attached hydrogen (secondary N) is 2. The summed E-state index contributed by atoms with van der Waals surface area (Å²) in [6.07, 6.45) is 0.617. The molecule has 1 aromatic carbocycles. The maximum atomic E-state index is 10.5. The number of aliphatic hydroxyl groups excluding tert-OH is 1. The van der Waals surface area contributed by atoms with Gasteiger partial charge in [-0.15, -0.1) is 0 Å². The zero-order chi connectivity index (χ0) is 15.7. The van der Waals surface area contributed by atoms with E-state index >= 15 is 0 Å². The molecular formula is C17H25Cl2N3O2. The van der Waals surface area contributed by atoms with E-state index in [0.29, 0.717) is 0 Å². The summed E-state index contributed by atoms with van der Waals surface area (Å²) >= 11 is 0. The molecule has 1 aromatic rings. The lowest BCUT2D eigenvalue weighted by Gasteiger charge is -2.26.